The highest BCUT2D eigenvalue weighted by molar-refractivity contribution is 5.11. The third-order valence-electron chi connectivity index (χ3n) is 18.9. The molecule has 4 heteroatoms. The van der Waals surface area contributed by atoms with E-state index in [0.29, 0.717) is 33.5 Å². The van der Waals surface area contributed by atoms with E-state index in [1.807, 2.05) is 0 Å². The van der Waals surface area contributed by atoms with Crippen LogP contribution in [0, 0.1) is 80.8 Å². The third-order valence-corrected chi connectivity index (χ3v) is 18.9. The van der Waals surface area contributed by atoms with Gasteiger partial charge in [0.1, 0.15) is 0 Å². The van der Waals surface area contributed by atoms with Crippen molar-refractivity contribution >= 4 is 0 Å². The molecule has 4 nitrogen and oxygen atoms in total. The Kier molecular flexibility index (Phi) is 9.14. The van der Waals surface area contributed by atoms with Gasteiger partial charge in [-0.3, -0.25) is 0 Å². The number of methoxy groups -OCH3 is 2. The molecule has 8 saturated carbocycles. The summed E-state index contributed by atoms with van der Waals surface area (Å²) in [7, 11) is 3.57. The van der Waals surface area contributed by atoms with Gasteiger partial charge >= 0.3 is 0 Å². The lowest BCUT2D eigenvalue weighted by Gasteiger charge is -2.61. The van der Waals surface area contributed by atoms with E-state index in [4.69, 9.17) is 9.47 Å². The van der Waals surface area contributed by atoms with E-state index in [1.165, 1.54) is 77.0 Å². The first kappa shape index (κ1) is 34.3. The van der Waals surface area contributed by atoms with Gasteiger partial charge in [0.2, 0.25) is 0 Å². The first-order valence-corrected chi connectivity index (χ1v) is 20.2. The van der Waals surface area contributed by atoms with E-state index < -0.39 is 0 Å². The highest BCUT2D eigenvalue weighted by atomic mass is 16.5. The zero-order valence-corrected chi connectivity index (χ0v) is 31.1. The average Bonchev–Trinajstić information content (AvgIpc) is 3.51. The maximum Gasteiger partial charge on any atom is 0.0835 e. The van der Waals surface area contributed by atoms with Crippen LogP contribution < -0.4 is 0 Å². The molecule has 8 aliphatic rings. The Morgan fingerprint density at radius 3 is 1.22 bits per heavy atom. The number of hydrogen-bond acceptors (Lipinski definition) is 4. The van der Waals surface area contributed by atoms with Gasteiger partial charge in [-0.05, 0) is 184 Å². The smallest absolute Gasteiger partial charge is 0.0835 e. The maximum absolute atomic E-state index is 10.4. The van der Waals surface area contributed by atoms with Gasteiger partial charge in [0.25, 0.3) is 0 Å². The van der Waals surface area contributed by atoms with Crippen LogP contribution in [0.5, 0.6) is 0 Å². The molecule has 8 aliphatic carbocycles. The Hall–Kier alpha value is -0.160. The minimum Gasteiger partial charge on any atom is -0.390 e. The van der Waals surface area contributed by atoms with Gasteiger partial charge in [-0.15, -0.1) is 0 Å². The van der Waals surface area contributed by atoms with Gasteiger partial charge in [0.15, 0.2) is 0 Å². The van der Waals surface area contributed by atoms with Gasteiger partial charge in [0, 0.05) is 14.2 Å². The van der Waals surface area contributed by atoms with E-state index in [9.17, 15) is 10.2 Å². The zero-order chi connectivity index (χ0) is 32.8. The van der Waals surface area contributed by atoms with Gasteiger partial charge in [0.05, 0.1) is 24.4 Å². The van der Waals surface area contributed by atoms with Gasteiger partial charge < -0.3 is 19.7 Å². The predicted octanol–water partition coefficient (Wildman–Crippen LogP) is 9.30. The molecule has 0 aromatic rings. The van der Waals surface area contributed by atoms with Crippen LogP contribution in [0.2, 0.25) is 0 Å². The molecular weight excluding hydrogens is 568 g/mol. The Bertz CT molecular complexity index is 1010. The van der Waals surface area contributed by atoms with Crippen molar-refractivity contribution in [1.29, 1.82) is 0 Å². The Morgan fingerprint density at radius 1 is 0.478 bits per heavy atom. The molecule has 8 fully saturated rings. The standard InChI is InChI=1S/2C21H36O2/c2*1-13-5-8-16-15-7-6-14-11-18(22)19(23-4)12-21(14,3)17(15)9-10-20(13,16)2/h2*13-19,22H,5-12H2,1-4H3/t13-,14-,15-,16-,17-,18-,19+,20+,21-;13-,14-,15-,16-,17-,18-,19-,20+,21-/m00/s1. The summed E-state index contributed by atoms with van der Waals surface area (Å²) in [6.45, 7) is 15.3. The number of aliphatic hydroxyl groups is 2. The summed E-state index contributed by atoms with van der Waals surface area (Å²) in [5, 5.41) is 20.8. The molecule has 0 amide bonds. The number of fused-ring (bicyclic) bond motifs is 10. The lowest BCUT2D eigenvalue weighted by atomic mass is 9.44. The van der Waals surface area contributed by atoms with Crippen molar-refractivity contribution < 1.29 is 19.7 Å². The molecule has 0 bridgehead atoms. The summed E-state index contributed by atoms with van der Waals surface area (Å²) in [6, 6.07) is 0. The third kappa shape index (κ3) is 5.08. The Labute approximate surface area is 282 Å². The lowest BCUT2D eigenvalue weighted by molar-refractivity contribution is -0.165. The summed E-state index contributed by atoms with van der Waals surface area (Å²) in [5.74, 6) is 8.80. The van der Waals surface area contributed by atoms with E-state index >= 15 is 0 Å². The lowest BCUT2D eigenvalue weighted by Crippen LogP contribution is -2.56. The normalized spacial score (nSPS) is 59.1. The highest BCUT2D eigenvalue weighted by Crippen LogP contribution is 2.69. The minimum atomic E-state index is -0.241. The van der Waals surface area contributed by atoms with Crippen LogP contribution in [0.15, 0.2) is 0 Å². The molecule has 0 saturated heterocycles. The van der Waals surface area contributed by atoms with E-state index in [2.05, 4.69) is 41.5 Å². The summed E-state index contributed by atoms with van der Waals surface area (Å²) in [4.78, 5) is 0. The molecule has 0 aromatic carbocycles. The van der Waals surface area contributed by atoms with Crippen molar-refractivity contribution in [1.82, 2.24) is 0 Å². The SMILES string of the molecule is CO[C@@H]1C[C@@]2(C)[C@@H](CC[C@@H]3[C@@H]2CC[C@]2(C)[C@@H](C)CC[C@@H]32)C[C@@H]1O.CO[C@H]1C[C@@]2(C)[C@@H](CC[C@@H]3[C@@H]2CC[C@]2(C)[C@@H](C)CC[C@@H]32)C[C@@H]1O. The van der Waals surface area contributed by atoms with Gasteiger partial charge in [-0.2, -0.15) is 0 Å². The van der Waals surface area contributed by atoms with Crippen molar-refractivity contribution in [2.45, 2.75) is 169 Å². The van der Waals surface area contributed by atoms with Gasteiger partial charge in [-0.1, -0.05) is 41.5 Å². The van der Waals surface area contributed by atoms with Crippen LogP contribution >= 0.6 is 0 Å². The van der Waals surface area contributed by atoms with Crippen molar-refractivity contribution in [3.63, 3.8) is 0 Å². The molecule has 0 spiro atoms. The van der Waals surface area contributed by atoms with Crippen LogP contribution in [0.4, 0.5) is 0 Å². The van der Waals surface area contributed by atoms with Crippen LogP contribution in [-0.2, 0) is 9.47 Å². The fourth-order valence-electron chi connectivity index (χ4n) is 15.5. The summed E-state index contributed by atoms with van der Waals surface area (Å²) in [5.41, 5.74) is 2.02. The van der Waals surface area contributed by atoms with Crippen molar-refractivity contribution in [2.75, 3.05) is 14.2 Å². The van der Waals surface area contributed by atoms with Crippen molar-refractivity contribution in [3.05, 3.63) is 0 Å². The Balaban J connectivity index is 0.000000147. The van der Waals surface area contributed by atoms with E-state index in [0.717, 1.165) is 73.0 Å². The van der Waals surface area contributed by atoms with Crippen molar-refractivity contribution in [3.8, 4) is 0 Å². The molecule has 0 heterocycles. The second kappa shape index (κ2) is 12.3. The number of aliphatic hydroxyl groups excluding tert-OH is 2. The highest BCUT2D eigenvalue weighted by Gasteiger charge is 2.62. The van der Waals surface area contributed by atoms with E-state index in [-0.39, 0.29) is 24.4 Å². The molecule has 18 atom stereocenters. The molecule has 264 valence electrons. The number of rotatable bonds is 2. The first-order chi connectivity index (χ1) is 21.8. The first-order valence-electron chi connectivity index (χ1n) is 20.2. The summed E-state index contributed by atoms with van der Waals surface area (Å²) >= 11 is 0. The predicted molar refractivity (Wildman–Crippen MR) is 186 cm³/mol. The van der Waals surface area contributed by atoms with E-state index in [1.54, 1.807) is 14.2 Å². The number of hydrogen-bond donors (Lipinski definition) is 2. The molecule has 8 rings (SSSR count). The molecule has 0 aliphatic heterocycles. The molecule has 2 N–H and O–H groups in total. The van der Waals surface area contributed by atoms with Crippen LogP contribution in [-0.4, -0.2) is 48.8 Å². The molecular formula is C42H72O4. The van der Waals surface area contributed by atoms with Crippen LogP contribution in [0.25, 0.3) is 0 Å². The topological polar surface area (TPSA) is 58.9 Å². The largest absolute Gasteiger partial charge is 0.390 e. The molecule has 0 radical (unpaired) electrons. The van der Waals surface area contributed by atoms with Gasteiger partial charge in [-0.25, -0.2) is 0 Å². The minimum absolute atomic E-state index is 0.0609. The zero-order valence-electron chi connectivity index (χ0n) is 31.1. The fourth-order valence-corrected chi connectivity index (χ4v) is 15.5. The second-order valence-corrected chi connectivity index (χ2v) is 19.9. The summed E-state index contributed by atoms with van der Waals surface area (Å²) in [6.07, 6.45) is 20.8. The van der Waals surface area contributed by atoms with Crippen LogP contribution in [0.1, 0.15) is 144 Å². The Morgan fingerprint density at radius 2 is 0.848 bits per heavy atom. The van der Waals surface area contributed by atoms with Crippen molar-refractivity contribution in [2.24, 2.45) is 80.8 Å². The maximum atomic E-state index is 10.4. The monoisotopic (exact) mass is 641 g/mol. The second-order valence-electron chi connectivity index (χ2n) is 19.9. The number of ether oxygens (including phenoxy) is 2. The quantitative estimate of drug-likeness (QED) is 0.316. The van der Waals surface area contributed by atoms with Crippen LogP contribution in [0.3, 0.4) is 0 Å². The summed E-state index contributed by atoms with van der Waals surface area (Å²) < 4.78 is 11.3. The average molecular weight is 641 g/mol. The fraction of sp³-hybridized carbons (Fsp3) is 1.00. The molecule has 0 unspecified atom stereocenters. The molecule has 46 heavy (non-hydrogen) atoms. The molecule has 0 aromatic heterocycles.